The molecule has 3 aliphatic heterocycles. The molecule has 2 amide bonds. The second-order valence-corrected chi connectivity index (χ2v) is 10.3. The van der Waals surface area contributed by atoms with Crippen molar-refractivity contribution >= 4 is 17.6 Å². The van der Waals surface area contributed by atoms with Crippen molar-refractivity contribution in [3.05, 3.63) is 47.3 Å². The number of alkyl halides is 3. The highest BCUT2D eigenvalue weighted by Crippen LogP contribution is 2.41. The van der Waals surface area contributed by atoms with Gasteiger partial charge in [0.15, 0.2) is 5.69 Å². The summed E-state index contributed by atoms with van der Waals surface area (Å²) >= 11 is 0. The first kappa shape index (κ1) is 24.6. The fourth-order valence-electron chi connectivity index (χ4n) is 5.80. The van der Waals surface area contributed by atoms with Crippen molar-refractivity contribution in [2.75, 3.05) is 44.2 Å². The van der Waals surface area contributed by atoms with Gasteiger partial charge in [0.2, 0.25) is 0 Å². The van der Waals surface area contributed by atoms with Crippen LogP contribution in [-0.4, -0.2) is 70.8 Å². The van der Waals surface area contributed by atoms with E-state index in [2.05, 4.69) is 10.00 Å². The molecule has 2 aromatic rings. The van der Waals surface area contributed by atoms with Gasteiger partial charge in [0.25, 0.3) is 5.91 Å². The van der Waals surface area contributed by atoms with E-state index < -0.39 is 17.6 Å². The van der Waals surface area contributed by atoms with Crippen molar-refractivity contribution in [3.63, 3.8) is 0 Å². The predicted molar refractivity (Wildman–Crippen MR) is 128 cm³/mol. The number of hydrogen-bond acceptors (Lipinski definition) is 5. The Morgan fingerprint density at radius 1 is 1.00 bits per heavy atom. The van der Waals surface area contributed by atoms with E-state index in [1.807, 2.05) is 11.0 Å². The summed E-state index contributed by atoms with van der Waals surface area (Å²) in [6, 6.07) is 5.61. The van der Waals surface area contributed by atoms with E-state index in [4.69, 9.17) is 5.73 Å². The molecule has 0 aliphatic carbocycles. The Balaban J connectivity index is 1.22. The van der Waals surface area contributed by atoms with Crippen LogP contribution in [0.2, 0.25) is 0 Å². The number of nitrogens with zero attached hydrogens (tertiary/aromatic N) is 5. The fraction of sp³-hybridized carbons (Fsp3) is 0.560. The summed E-state index contributed by atoms with van der Waals surface area (Å²) in [6.45, 7) is 4.85. The van der Waals surface area contributed by atoms with Crippen molar-refractivity contribution in [2.45, 2.75) is 44.8 Å². The average Bonchev–Trinajstić information content (AvgIpc) is 3.60. The molecule has 0 radical (unpaired) electrons. The highest BCUT2D eigenvalue weighted by Gasteiger charge is 2.42. The maximum atomic E-state index is 13.6. The van der Waals surface area contributed by atoms with Gasteiger partial charge >= 0.3 is 12.2 Å². The van der Waals surface area contributed by atoms with Crippen LogP contribution in [0.4, 0.5) is 23.7 Å². The number of carbonyl (C=O) groups is 2. The van der Waals surface area contributed by atoms with Gasteiger partial charge in [0.1, 0.15) is 0 Å². The first-order valence-corrected chi connectivity index (χ1v) is 12.5. The summed E-state index contributed by atoms with van der Waals surface area (Å²) in [5, 5.41) is 3.95. The Morgan fingerprint density at radius 2 is 1.69 bits per heavy atom. The lowest BCUT2D eigenvalue weighted by atomic mass is 9.78. The molecule has 194 valence electrons. The van der Waals surface area contributed by atoms with Crippen LogP contribution >= 0.6 is 0 Å². The van der Waals surface area contributed by atoms with Gasteiger partial charge in [0, 0.05) is 51.2 Å². The van der Waals surface area contributed by atoms with E-state index in [1.165, 1.54) is 24.4 Å². The smallest absolute Gasteiger partial charge is 0.372 e. The summed E-state index contributed by atoms with van der Waals surface area (Å²) in [5.74, 6) is -0.682. The second kappa shape index (κ2) is 9.42. The average molecular weight is 505 g/mol. The molecule has 2 N–H and O–H groups in total. The number of primary amides is 1. The lowest BCUT2D eigenvalue weighted by Crippen LogP contribution is -2.45. The molecular formula is C25H31F3N6O2. The van der Waals surface area contributed by atoms with E-state index in [0.29, 0.717) is 30.9 Å². The zero-order chi connectivity index (χ0) is 25.5. The van der Waals surface area contributed by atoms with Gasteiger partial charge in [-0.25, -0.2) is 4.79 Å². The molecular weight excluding hydrogens is 473 g/mol. The Morgan fingerprint density at radius 3 is 2.33 bits per heavy atom. The van der Waals surface area contributed by atoms with Crippen molar-refractivity contribution in [3.8, 4) is 0 Å². The fourth-order valence-corrected chi connectivity index (χ4v) is 5.80. The second-order valence-electron chi connectivity index (χ2n) is 10.3. The van der Waals surface area contributed by atoms with Crippen molar-refractivity contribution in [1.29, 1.82) is 0 Å². The topological polar surface area (TPSA) is 87.7 Å². The number of likely N-dealkylation sites (tertiary alicyclic amines) is 2. The molecule has 1 spiro atoms. The predicted octanol–water partition coefficient (Wildman–Crippen LogP) is 3.56. The molecule has 1 aromatic carbocycles. The first-order valence-electron chi connectivity index (χ1n) is 12.5. The van der Waals surface area contributed by atoms with E-state index in [1.54, 1.807) is 4.90 Å². The molecule has 3 saturated heterocycles. The van der Waals surface area contributed by atoms with E-state index in [9.17, 15) is 22.8 Å². The molecule has 1 aromatic heterocycles. The quantitative estimate of drug-likeness (QED) is 0.688. The number of anilines is 1. The molecule has 4 heterocycles. The third-order valence-corrected chi connectivity index (χ3v) is 7.83. The number of nitrogens with two attached hydrogens (primary N) is 1. The van der Waals surface area contributed by atoms with Crippen LogP contribution in [0.25, 0.3) is 0 Å². The van der Waals surface area contributed by atoms with Crippen LogP contribution in [0.1, 0.15) is 53.7 Å². The zero-order valence-corrected chi connectivity index (χ0v) is 20.1. The molecule has 3 fully saturated rings. The molecule has 0 saturated carbocycles. The van der Waals surface area contributed by atoms with Crippen LogP contribution < -0.4 is 10.6 Å². The first-order chi connectivity index (χ1) is 17.1. The Bertz CT molecular complexity index is 1130. The van der Waals surface area contributed by atoms with E-state index in [-0.39, 0.29) is 17.1 Å². The number of benzene rings is 1. The number of aromatic nitrogens is 2. The minimum Gasteiger partial charge on any atom is -0.372 e. The van der Waals surface area contributed by atoms with Crippen LogP contribution in [0.3, 0.4) is 0 Å². The molecule has 3 aliphatic rings. The monoisotopic (exact) mass is 504 g/mol. The Hall–Kier alpha value is -3.08. The third-order valence-electron chi connectivity index (χ3n) is 7.83. The Labute approximate surface area is 207 Å². The molecule has 8 nitrogen and oxygen atoms in total. The summed E-state index contributed by atoms with van der Waals surface area (Å²) in [6.07, 6.45) is 1.68. The zero-order valence-electron chi connectivity index (χ0n) is 20.1. The highest BCUT2D eigenvalue weighted by molar-refractivity contribution is 5.91. The van der Waals surface area contributed by atoms with Gasteiger partial charge in [-0.15, -0.1) is 0 Å². The van der Waals surface area contributed by atoms with E-state index >= 15 is 0 Å². The lowest BCUT2D eigenvalue weighted by molar-refractivity contribution is -0.137. The normalized spacial score (nSPS) is 20.4. The third kappa shape index (κ3) is 5.07. The van der Waals surface area contributed by atoms with Crippen LogP contribution in [0.5, 0.6) is 0 Å². The highest BCUT2D eigenvalue weighted by atomic mass is 19.4. The SMILES string of the molecule is NC(=O)c1ccn(C(=O)N2CCC3(CCN(Cc4cc(N5CCCC5)cc(C(F)(F)F)c4)C3)CC2)n1. The number of hydrogen-bond donors (Lipinski definition) is 1. The van der Waals surface area contributed by atoms with Gasteiger partial charge in [-0.3, -0.25) is 9.69 Å². The van der Waals surface area contributed by atoms with Gasteiger partial charge < -0.3 is 15.5 Å². The standard InChI is InChI=1S/C25H31F3N6O2/c26-25(27,28)19-13-18(14-20(15-19)32-7-1-2-8-32)16-31-10-4-24(17-31)5-11-33(12-6-24)23(36)34-9-3-21(30-34)22(29)35/h3,9,13-15H,1-2,4-8,10-12,16-17H2,(H2,29,35). The summed E-state index contributed by atoms with van der Waals surface area (Å²) in [4.78, 5) is 30.0. The van der Waals surface area contributed by atoms with Gasteiger partial charge in [-0.2, -0.15) is 23.0 Å². The van der Waals surface area contributed by atoms with Crippen LogP contribution in [0, 0.1) is 5.41 Å². The van der Waals surface area contributed by atoms with Gasteiger partial charge in [-0.1, -0.05) is 0 Å². The van der Waals surface area contributed by atoms with Crippen molar-refractivity contribution < 1.29 is 22.8 Å². The van der Waals surface area contributed by atoms with Crippen LogP contribution in [0.15, 0.2) is 30.5 Å². The molecule has 0 unspecified atom stereocenters. The number of piperidine rings is 1. The van der Waals surface area contributed by atoms with Crippen molar-refractivity contribution in [2.24, 2.45) is 11.1 Å². The maximum absolute atomic E-state index is 13.6. The minimum atomic E-state index is -4.37. The summed E-state index contributed by atoms with van der Waals surface area (Å²) in [7, 11) is 0. The van der Waals surface area contributed by atoms with Gasteiger partial charge in [0.05, 0.1) is 5.56 Å². The molecule has 5 rings (SSSR count). The van der Waals surface area contributed by atoms with Crippen molar-refractivity contribution in [1.82, 2.24) is 19.6 Å². The summed E-state index contributed by atoms with van der Waals surface area (Å²) in [5.41, 5.74) is 6.10. The van der Waals surface area contributed by atoms with Crippen LogP contribution in [-0.2, 0) is 12.7 Å². The lowest BCUT2D eigenvalue weighted by Gasteiger charge is -2.39. The molecule has 0 bridgehead atoms. The minimum absolute atomic E-state index is 0.0470. The van der Waals surface area contributed by atoms with E-state index in [0.717, 1.165) is 63.0 Å². The molecule has 36 heavy (non-hydrogen) atoms. The molecule has 11 heteroatoms. The largest absolute Gasteiger partial charge is 0.416 e. The number of amides is 2. The molecule has 0 atom stereocenters. The number of rotatable bonds is 4. The Kier molecular flexibility index (Phi) is 6.44. The summed E-state index contributed by atoms with van der Waals surface area (Å²) < 4.78 is 42.0. The van der Waals surface area contributed by atoms with Gasteiger partial charge in [-0.05, 0) is 73.9 Å². The maximum Gasteiger partial charge on any atom is 0.416 e. The number of carbonyl (C=O) groups excluding carboxylic acids is 2. The number of halogens is 3.